The Labute approximate surface area is 159 Å². The van der Waals surface area contributed by atoms with E-state index in [2.05, 4.69) is 5.32 Å². The molecule has 1 aliphatic rings. The second-order valence-electron chi connectivity index (χ2n) is 6.07. The first-order chi connectivity index (χ1) is 11.9. The highest BCUT2D eigenvalue weighted by atomic mass is 35.5. The zero-order chi connectivity index (χ0) is 18.2. The van der Waals surface area contributed by atoms with Crippen LogP contribution in [0.1, 0.15) is 29.5 Å². The third-order valence-corrected chi connectivity index (χ3v) is 6.43. The van der Waals surface area contributed by atoms with E-state index in [0.717, 1.165) is 6.42 Å². The van der Waals surface area contributed by atoms with E-state index in [9.17, 15) is 13.2 Å². The van der Waals surface area contributed by atoms with Crippen LogP contribution in [0.4, 0.5) is 0 Å². The number of benzene rings is 1. The van der Waals surface area contributed by atoms with Crippen molar-refractivity contribution < 1.29 is 22.4 Å². The third-order valence-electron chi connectivity index (χ3n) is 4.57. The van der Waals surface area contributed by atoms with Gasteiger partial charge in [0.2, 0.25) is 15.8 Å². The summed E-state index contributed by atoms with van der Waals surface area (Å²) in [6.07, 6.45) is 0.787. The highest BCUT2D eigenvalue weighted by molar-refractivity contribution is 7.89. The zero-order valence-corrected chi connectivity index (χ0v) is 16.6. The SMILES string of the molecule is CCOC(=O)c1oc2ccc(S(=O)(=O)N3CCC(NC)C3)cc2c1C.Cl. The third kappa shape index (κ3) is 3.59. The maximum Gasteiger partial charge on any atom is 0.374 e. The molecule has 1 fully saturated rings. The van der Waals surface area contributed by atoms with Crippen molar-refractivity contribution in [3.8, 4) is 0 Å². The smallest absolute Gasteiger partial charge is 0.374 e. The first-order valence-electron chi connectivity index (χ1n) is 8.26. The van der Waals surface area contributed by atoms with Gasteiger partial charge in [-0.2, -0.15) is 4.31 Å². The Balaban J connectivity index is 0.00000243. The summed E-state index contributed by atoms with van der Waals surface area (Å²) in [5.74, 6) is -0.431. The Morgan fingerprint density at radius 1 is 1.42 bits per heavy atom. The van der Waals surface area contributed by atoms with Crippen molar-refractivity contribution in [2.45, 2.75) is 31.2 Å². The van der Waals surface area contributed by atoms with Crippen LogP contribution in [-0.2, 0) is 14.8 Å². The molecule has 0 amide bonds. The van der Waals surface area contributed by atoms with Crippen molar-refractivity contribution in [1.29, 1.82) is 0 Å². The fourth-order valence-electron chi connectivity index (χ4n) is 3.08. The number of halogens is 1. The van der Waals surface area contributed by atoms with Crippen molar-refractivity contribution in [1.82, 2.24) is 9.62 Å². The van der Waals surface area contributed by atoms with Crippen LogP contribution in [0.15, 0.2) is 27.5 Å². The average Bonchev–Trinajstić information content (AvgIpc) is 3.20. The molecule has 1 atom stereocenters. The summed E-state index contributed by atoms with van der Waals surface area (Å²) in [5, 5.41) is 3.72. The number of nitrogens with zero attached hydrogens (tertiary/aromatic N) is 1. The van der Waals surface area contributed by atoms with Gasteiger partial charge >= 0.3 is 5.97 Å². The number of aryl methyl sites for hydroxylation is 1. The first-order valence-corrected chi connectivity index (χ1v) is 9.70. The summed E-state index contributed by atoms with van der Waals surface area (Å²) in [5.41, 5.74) is 1.05. The van der Waals surface area contributed by atoms with E-state index in [1.165, 1.54) is 10.4 Å². The van der Waals surface area contributed by atoms with Gasteiger partial charge < -0.3 is 14.5 Å². The Bertz CT molecular complexity index is 909. The monoisotopic (exact) mass is 402 g/mol. The number of hydrogen-bond acceptors (Lipinski definition) is 6. The average molecular weight is 403 g/mol. The normalized spacial score (nSPS) is 18.0. The molecule has 0 aliphatic carbocycles. The molecule has 7 nitrogen and oxygen atoms in total. The molecule has 0 spiro atoms. The van der Waals surface area contributed by atoms with Crippen LogP contribution >= 0.6 is 12.4 Å². The molecule has 1 N–H and O–H groups in total. The number of rotatable bonds is 5. The van der Waals surface area contributed by atoms with Crippen LogP contribution in [0.25, 0.3) is 11.0 Å². The fraction of sp³-hybridized carbons (Fsp3) is 0.471. The van der Waals surface area contributed by atoms with Gasteiger partial charge in [-0.25, -0.2) is 13.2 Å². The van der Waals surface area contributed by atoms with Crippen molar-refractivity contribution in [2.75, 3.05) is 26.7 Å². The lowest BCUT2D eigenvalue weighted by atomic mass is 10.1. The number of sulfonamides is 1. The Morgan fingerprint density at radius 3 is 2.77 bits per heavy atom. The van der Waals surface area contributed by atoms with Crippen molar-refractivity contribution in [2.24, 2.45) is 0 Å². The second-order valence-corrected chi connectivity index (χ2v) is 8.01. The zero-order valence-electron chi connectivity index (χ0n) is 14.9. The summed E-state index contributed by atoms with van der Waals surface area (Å²) >= 11 is 0. The maximum absolute atomic E-state index is 12.9. The van der Waals surface area contributed by atoms with Crippen LogP contribution in [-0.4, -0.2) is 51.5 Å². The van der Waals surface area contributed by atoms with Gasteiger partial charge in [0.05, 0.1) is 11.5 Å². The lowest BCUT2D eigenvalue weighted by molar-refractivity contribution is 0.0491. The molecule has 9 heteroatoms. The summed E-state index contributed by atoms with van der Waals surface area (Å²) in [4.78, 5) is 12.2. The molecule has 1 saturated heterocycles. The number of furan rings is 1. The quantitative estimate of drug-likeness (QED) is 0.772. The van der Waals surface area contributed by atoms with Gasteiger partial charge in [0.15, 0.2) is 0 Å². The molecule has 1 unspecified atom stereocenters. The van der Waals surface area contributed by atoms with Gasteiger partial charge in [0.1, 0.15) is 5.58 Å². The Hall–Kier alpha value is -1.61. The van der Waals surface area contributed by atoms with E-state index in [0.29, 0.717) is 29.6 Å². The molecule has 1 aliphatic heterocycles. The van der Waals surface area contributed by atoms with Crippen molar-refractivity contribution >= 4 is 39.4 Å². The van der Waals surface area contributed by atoms with Gasteiger partial charge in [0.25, 0.3) is 0 Å². The summed E-state index contributed by atoms with van der Waals surface area (Å²) in [6.45, 7) is 4.63. The molecule has 0 saturated carbocycles. The van der Waals surface area contributed by atoms with E-state index in [1.807, 2.05) is 7.05 Å². The molecule has 0 radical (unpaired) electrons. The molecule has 2 heterocycles. The number of esters is 1. The number of carbonyl (C=O) groups excluding carboxylic acids is 1. The van der Waals surface area contributed by atoms with Crippen LogP contribution in [0, 0.1) is 6.92 Å². The highest BCUT2D eigenvalue weighted by Gasteiger charge is 2.32. The highest BCUT2D eigenvalue weighted by Crippen LogP contribution is 2.30. The maximum atomic E-state index is 12.9. The Morgan fingerprint density at radius 2 is 2.15 bits per heavy atom. The van der Waals surface area contributed by atoms with E-state index in [1.54, 1.807) is 26.0 Å². The number of likely N-dealkylation sites (N-methyl/N-ethyl adjacent to an activating group) is 1. The van der Waals surface area contributed by atoms with Crippen molar-refractivity contribution in [3.63, 3.8) is 0 Å². The standard InChI is InChI=1S/C17H22N2O5S.ClH/c1-4-23-17(20)16-11(2)14-9-13(5-6-15(14)24-16)25(21,22)19-8-7-12(10-19)18-3;/h5-6,9,12,18H,4,7-8,10H2,1-3H3;1H. The molecule has 2 aromatic rings. The Kier molecular flexibility index (Phi) is 6.33. The molecule has 1 aromatic carbocycles. The lowest BCUT2D eigenvalue weighted by Gasteiger charge is -2.16. The predicted molar refractivity (Wildman–Crippen MR) is 100 cm³/mol. The van der Waals surface area contributed by atoms with Gasteiger partial charge in [-0.3, -0.25) is 0 Å². The van der Waals surface area contributed by atoms with Crippen LogP contribution < -0.4 is 5.32 Å². The molecule has 26 heavy (non-hydrogen) atoms. The van der Waals surface area contributed by atoms with Gasteiger partial charge in [-0.1, -0.05) is 0 Å². The number of nitrogens with one attached hydrogen (secondary N) is 1. The van der Waals surface area contributed by atoms with Crippen LogP contribution in [0.5, 0.6) is 0 Å². The topological polar surface area (TPSA) is 88.8 Å². The van der Waals surface area contributed by atoms with Gasteiger partial charge in [-0.05, 0) is 45.5 Å². The lowest BCUT2D eigenvalue weighted by Crippen LogP contribution is -2.33. The van der Waals surface area contributed by atoms with E-state index >= 15 is 0 Å². The summed E-state index contributed by atoms with van der Waals surface area (Å²) in [7, 11) is -1.74. The van der Waals surface area contributed by atoms with E-state index < -0.39 is 16.0 Å². The number of fused-ring (bicyclic) bond motifs is 1. The van der Waals surface area contributed by atoms with E-state index in [4.69, 9.17) is 9.15 Å². The molecule has 144 valence electrons. The number of ether oxygens (including phenoxy) is 1. The van der Waals surface area contributed by atoms with Gasteiger partial charge in [0, 0.05) is 30.1 Å². The number of carbonyl (C=O) groups is 1. The van der Waals surface area contributed by atoms with Gasteiger partial charge in [-0.15, -0.1) is 12.4 Å². The predicted octanol–water partition coefficient (Wildman–Crippen LogP) is 2.32. The molecule has 1 aromatic heterocycles. The molecule has 0 bridgehead atoms. The molecular formula is C17H23ClN2O5S. The molecule has 3 rings (SSSR count). The fourth-order valence-corrected chi connectivity index (χ4v) is 4.61. The molecular weight excluding hydrogens is 380 g/mol. The second kappa shape index (κ2) is 7.96. The first kappa shape index (κ1) is 20.7. The minimum atomic E-state index is -3.58. The number of hydrogen-bond donors (Lipinski definition) is 1. The van der Waals surface area contributed by atoms with Crippen LogP contribution in [0.3, 0.4) is 0 Å². The van der Waals surface area contributed by atoms with E-state index in [-0.39, 0.29) is 35.7 Å². The summed E-state index contributed by atoms with van der Waals surface area (Å²) < 4.78 is 37.7. The minimum Gasteiger partial charge on any atom is -0.460 e. The largest absolute Gasteiger partial charge is 0.460 e. The minimum absolute atomic E-state index is 0. The van der Waals surface area contributed by atoms with Crippen molar-refractivity contribution in [3.05, 3.63) is 29.5 Å². The summed E-state index contributed by atoms with van der Waals surface area (Å²) in [6, 6.07) is 4.84. The van der Waals surface area contributed by atoms with Crippen LogP contribution in [0.2, 0.25) is 0 Å².